The normalized spacial score (nSPS) is 21.9. The number of aldehydes is 1. The van der Waals surface area contributed by atoms with Gasteiger partial charge in [-0.1, -0.05) is 0 Å². The number of amides is 1. The van der Waals surface area contributed by atoms with Gasteiger partial charge in [0, 0.05) is 0 Å². The van der Waals surface area contributed by atoms with E-state index in [0.717, 1.165) is 6.29 Å². The molecule has 12 heavy (non-hydrogen) atoms. The van der Waals surface area contributed by atoms with Gasteiger partial charge < -0.3 is 9.53 Å². The minimum atomic E-state index is -0.479. The lowest BCUT2D eigenvalue weighted by Gasteiger charge is -2.19. The maximum Gasteiger partial charge on any atom is 0.411 e. The second kappa shape index (κ2) is 2.77. The van der Waals surface area contributed by atoms with Crippen LogP contribution in [0.25, 0.3) is 0 Å². The zero-order valence-electron chi connectivity index (χ0n) is 7.53. The lowest BCUT2D eigenvalue weighted by atomic mass is 10.2. The van der Waals surface area contributed by atoms with E-state index in [0.29, 0.717) is 6.54 Å². The van der Waals surface area contributed by atoms with Crippen molar-refractivity contribution in [1.29, 1.82) is 0 Å². The Morgan fingerprint density at radius 2 is 2.17 bits per heavy atom. The highest BCUT2D eigenvalue weighted by molar-refractivity contribution is 5.79. The Bertz CT molecular complexity index is 207. The molecule has 0 aromatic heterocycles. The third-order valence-corrected chi connectivity index (χ3v) is 1.44. The average molecular weight is 171 g/mol. The molecule has 0 radical (unpaired) electrons. The molecule has 1 saturated heterocycles. The first kappa shape index (κ1) is 9.03. The van der Waals surface area contributed by atoms with E-state index in [2.05, 4.69) is 0 Å². The van der Waals surface area contributed by atoms with E-state index in [9.17, 15) is 9.59 Å². The fraction of sp³-hybridized carbons (Fsp3) is 0.750. The summed E-state index contributed by atoms with van der Waals surface area (Å²) >= 11 is 0. The molecule has 0 spiro atoms. The molecule has 0 saturated carbocycles. The second-order valence-corrected chi connectivity index (χ2v) is 3.84. The van der Waals surface area contributed by atoms with E-state index in [1.807, 2.05) is 0 Å². The minimum absolute atomic E-state index is 0.250. The van der Waals surface area contributed by atoms with Crippen LogP contribution in [0.2, 0.25) is 0 Å². The zero-order chi connectivity index (χ0) is 9.35. The van der Waals surface area contributed by atoms with Gasteiger partial charge in [0.2, 0.25) is 0 Å². The minimum Gasteiger partial charge on any atom is -0.444 e. The number of hydrogen-bond donors (Lipinski definition) is 0. The molecule has 1 aliphatic heterocycles. The van der Waals surface area contributed by atoms with E-state index in [1.165, 1.54) is 4.90 Å². The number of ether oxygens (including phenoxy) is 1. The molecular weight excluding hydrogens is 158 g/mol. The van der Waals surface area contributed by atoms with Gasteiger partial charge >= 0.3 is 6.09 Å². The van der Waals surface area contributed by atoms with Crippen molar-refractivity contribution in [2.45, 2.75) is 32.4 Å². The number of rotatable bonds is 1. The largest absolute Gasteiger partial charge is 0.444 e. The van der Waals surface area contributed by atoms with Crippen LogP contribution in [0.3, 0.4) is 0 Å². The summed E-state index contributed by atoms with van der Waals surface area (Å²) in [6, 6.07) is -0.250. The van der Waals surface area contributed by atoms with E-state index in [4.69, 9.17) is 4.74 Å². The predicted octanol–water partition coefficient (Wildman–Crippen LogP) is 0.805. The van der Waals surface area contributed by atoms with Gasteiger partial charge in [-0.15, -0.1) is 0 Å². The molecule has 0 aliphatic carbocycles. The van der Waals surface area contributed by atoms with Crippen LogP contribution < -0.4 is 0 Å². The molecule has 0 aromatic rings. The van der Waals surface area contributed by atoms with Crippen LogP contribution in [0, 0.1) is 0 Å². The van der Waals surface area contributed by atoms with Crippen molar-refractivity contribution >= 4 is 12.4 Å². The van der Waals surface area contributed by atoms with Crippen molar-refractivity contribution in [2.24, 2.45) is 0 Å². The van der Waals surface area contributed by atoms with E-state index in [1.54, 1.807) is 20.8 Å². The predicted molar refractivity (Wildman–Crippen MR) is 42.8 cm³/mol. The molecule has 4 heteroatoms. The van der Waals surface area contributed by atoms with Crippen molar-refractivity contribution in [1.82, 2.24) is 4.90 Å². The molecule has 1 amide bonds. The van der Waals surface area contributed by atoms with Crippen molar-refractivity contribution in [3.8, 4) is 0 Å². The van der Waals surface area contributed by atoms with Gasteiger partial charge in [0.15, 0.2) is 0 Å². The zero-order valence-corrected chi connectivity index (χ0v) is 7.53. The Morgan fingerprint density at radius 3 is 2.50 bits per heavy atom. The highest BCUT2D eigenvalue weighted by Gasteiger charge is 2.40. The maximum absolute atomic E-state index is 11.1. The maximum atomic E-state index is 11.1. The van der Waals surface area contributed by atoms with E-state index < -0.39 is 11.7 Å². The summed E-state index contributed by atoms with van der Waals surface area (Å²) < 4.78 is 5.02. The Labute approximate surface area is 71.5 Å². The summed E-state index contributed by atoms with van der Waals surface area (Å²) in [6.45, 7) is 5.89. The van der Waals surface area contributed by atoms with Gasteiger partial charge in [-0.2, -0.15) is 0 Å². The summed E-state index contributed by atoms with van der Waals surface area (Å²) in [7, 11) is 0. The first-order chi connectivity index (χ1) is 5.44. The highest BCUT2D eigenvalue weighted by atomic mass is 16.6. The fourth-order valence-corrected chi connectivity index (χ4v) is 0.801. The second-order valence-electron chi connectivity index (χ2n) is 3.84. The molecule has 68 valence electrons. The number of nitrogens with zero attached hydrogens (tertiary/aromatic N) is 1. The van der Waals surface area contributed by atoms with Crippen LogP contribution in [0.5, 0.6) is 0 Å². The summed E-state index contributed by atoms with van der Waals surface area (Å²) in [5, 5.41) is 0. The third-order valence-electron chi connectivity index (χ3n) is 1.44. The first-order valence-corrected chi connectivity index (χ1v) is 3.89. The standard InChI is InChI=1S/C8H13NO3/c1-8(2,3)12-7(11)9-4-6(9)5-10/h5-6H,4H2,1-3H3/t6-,9?/m1/s1. The smallest absolute Gasteiger partial charge is 0.411 e. The van der Waals surface area contributed by atoms with Gasteiger partial charge in [0.1, 0.15) is 17.9 Å². The van der Waals surface area contributed by atoms with E-state index in [-0.39, 0.29) is 6.04 Å². The molecule has 0 bridgehead atoms. The highest BCUT2D eigenvalue weighted by Crippen LogP contribution is 2.19. The molecule has 1 rings (SSSR count). The van der Waals surface area contributed by atoms with Crippen molar-refractivity contribution in [2.75, 3.05) is 6.54 Å². The molecule has 0 N–H and O–H groups in total. The van der Waals surface area contributed by atoms with Crippen LogP contribution in [-0.2, 0) is 9.53 Å². The topological polar surface area (TPSA) is 46.4 Å². The molecule has 0 unspecified atom stereocenters. The summed E-state index contributed by atoms with van der Waals surface area (Å²) in [4.78, 5) is 22.7. The Kier molecular flexibility index (Phi) is 2.08. The van der Waals surface area contributed by atoms with Crippen LogP contribution in [0.15, 0.2) is 0 Å². The molecule has 1 aliphatic rings. The molecule has 1 fully saturated rings. The van der Waals surface area contributed by atoms with Crippen molar-refractivity contribution < 1.29 is 14.3 Å². The molecule has 0 aromatic carbocycles. The Morgan fingerprint density at radius 1 is 1.58 bits per heavy atom. The van der Waals surface area contributed by atoms with Crippen LogP contribution >= 0.6 is 0 Å². The lowest BCUT2D eigenvalue weighted by molar-refractivity contribution is -0.108. The number of carbonyl (C=O) groups is 2. The Balaban J connectivity index is 2.36. The summed E-state index contributed by atoms with van der Waals surface area (Å²) in [5.74, 6) is 0. The summed E-state index contributed by atoms with van der Waals surface area (Å²) in [5.41, 5.74) is -0.479. The van der Waals surface area contributed by atoms with Gasteiger partial charge in [0.25, 0.3) is 0 Å². The molecule has 1 heterocycles. The van der Waals surface area contributed by atoms with Crippen LogP contribution in [0.1, 0.15) is 20.8 Å². The molecule has 4 nitrogen and oxygen atoms in total. The monoisotopic (exact) mass is 171 g/mol. The van der Waals surface area contributed by atoms with Crippen molar-refractivity contribution in [3.05, 3.63) is 0 Å². The third kappa shape index (κ3) is 2.22. The number of carbonyl (C=O) groups excluding carboxylic acids is 2. The van der Waals surface area contributed by atoms with Crippen molar-refractivity contribution in [3.63, 3.8) is 0 Å². The van der Waals surface area contributed by atoms with Crippen LogP contribution in [-0.4, -0.2) is 35.5 Å². The Hall–Kier alpha value is -1.06. The average Bonchev–Trinajstić information content (AvgIpc) is 2.60. The van der Waals surface area contributed by atoms with Gasteiger partial charge in [-0.05, 0) is 20.8 Å². The van der Waals surface area contributed by atoms with E-state index >= 15 is 0 Å². The summed E-state index contributed by atoms with van der Waals surface area (Å²) in [6.07, 6.45) is 0.351. The van der Waals surface area contributed by atoms with Gasteiger partial charge in [0.05, 0.1) is 6.54 Å². The molecule has 1 atom stereocenters. The van der Waals surface area contributed by atoms with Gasteiger partial charge in [-0.3, -0.25) is 4.90 Å². The fourth-order valence-electron chi connectivity index (χ4n) is 0.801. The lowest BCUT2D eigenvalue weighted by Crippen LogP contribution is -2.28. The van der Waals surface area contributed by atoms with Crippen LogP contribution in [0.4, 0.5) is 4.79 Å². The number of hydrogen-bond acceptors (Lipinski definition) is 3. The van der Waals surface area contributed by atoms with Gasteiger partial charge in [-0.25, -0.2) is 4.79 Å². The first-order valence-electron chi connectivity index (χ1n) is 3.89. The quantitative estimate of drug-likeness (QED) is 0.433. The SMILES string of the molecule is CC(C)(C)OC(=O)N1C[C@@H]1C=O. The molecular formula is C8H13NO3.